The summed E-state index contributed by atoms with van der Waals surface area (Å²) < 4.78 is 11.5. The summed E-state index contributed by atoms with van der Waals surface area (Å²) in [6.07, 6.45) is 4.28. The molecule has 0 rings (SSSR count). The van der Waals surface area contributed by atoms with E-state index in [4.69, 9.17) is 7.74 Å². The van der Waals surface area contributed by atoms with Crippen molar-refractivity contribution < 1.29 is 9.28 Å². The standard InChI is InChI=1S/C9H17B2FNO/c1-2-5-8(9(14)11-10)6-3-4-7-13-12/h8,13H,2-7H2,1H3/t8-/m0/s1. The second-order valence-electron chi connectivity index (χ2n) is 3.43. The second-order valence-corrected chi connectivity index (χ2v) is 3.43. The van der Waals surface area contributed by atoms with Crippen LogP contribution in [0, 0.1) is 5.92 Å². The van der Waals surface area contributed by atoms with Crippen LogP contribution in [0.2, 0.25) is 0 Å². The topological polar surface area (TPSA) is 29.1 Å². The first kappa shape index (κ1) is 13.7. The SMILES string of the molecule is [B][B]C(=O)[C@@H](CCC)CCCCNF. The molecule has 3 radical (unpaired) electrons. The second kappa shape index (κ2) is 9.25. The molecule has 77 valence electrons. The van der Waals surface area contributed by atoms with Gasteiger partial charge in [-0.25, -0.2) is 0 Å². The lowest BCUT2D eigenvalue weighted by atomic mass is 9.49. The van der Waals surface area contributed by atoms with Gasteiger partial charge in [-0.3, -0.25) is 0 Å². The van der Waals surface area contributed by atoms with Crippen molar-refractivity contribution in [1.29, 1.82) is 0 Å². The molecule has 0 spiro atoms. The van der Waals surface area contributed by atoms with Crippen molar-refractivity contribution >= 4 is 20.6 Å². The Bertz CT molecular complexity index is 158. The number of hydrogen-bond acceptors (Lipinski definition) is 2. The van der Waals surface area contributed by atoms with Gasteiger partial charge in [-0.2, -0.15) is 5.54 Å². The van der Waals surface area contributed by atoms with E-state index in [1.54, 1.807) is 5.54 Å². The molecule has 0 aliphatic heterocycles. The smallest absolute Gasteiger partial charge is 0.146 e. The van der Waals surface area contributed by atoms with Crippen molar-refractivity contribution in [3.63, 3.8) is 0 Å². The Kier molecular flexibility index (Phi) is 9.05. The zero-order chi connectivity index (χ0) is 10.8. The summed E-state index contributed by atoms with van der Waals surface area (Å²) >= 11 is 0. The molecule has 0 saturated heterocycles. The normalized spacial score (nSPS) is 12.4. The summed E-state index contributed by atoms with van der Waals surface area (Å²) in [7, 11) is 6.33. The Morgan fingerprint density at radius 1 is 1.50 bits per heavy atom. The van der Waals surface area contributed by atoms with Crippen molar-refractivity contribution in [2.45, 2.75) is 39.0 Å². The van der Waals surface area contributed by atoms with Crippen LogP contribution >= 0.6 is 0 Å². The molecule has 1 atom stereocenters. The van der Waals surface area contributed by atoms with Gasteiger partial charge in [0.15, 0.2) is 0 Å². The maximum Gasteiger partial charge on any atom is 0.146 e. The molecule has 2 nitrogen and oxygen atoms in total. The minimum Gasteiger partial charge on any atom is -0.313 e. The molecule has 0 fully saturated rings. The first-order valence-electron chi connectivity index (χ1n) is 5.18. The average molecular weight is 196 g/mol. The minimum absolute atomic E-state index is 0.0139. The van der Waals surface area contributed by atoms with Crippen LogP contribution in [0.1, 0.15) is 39.0 Å². The quantitative estimate of drug-likeness (QED) is 0.342. The lowest BCUT2D eigenvalue weighted by molar-refractivity contribution is -0.115. The first-order chi connectivity index (χ1) is 6.76. The van der Waals surface area contributed by atoms with Gasteiger partial charge < -0.3 is 4.79 Å². The van der Waals surface area contributed by atoms with Gasteiger partial charge in [-0.05, 0) is 19.3 Å². The van der Waals surface area contributed by atoms with Crippen LogP contribution in [-0.4, -0.2) is 27.1 Å². The van der Waals surface area contributed by atoms with Crippen LogP contribution in [-0.2, 0) is 4.79 Å². The summed E-state index contributed by atoms with van der Waals surface area (Å²) in [5.41, 5.74) is 1.61. The monoisotopic (exact) mass is 196 g/mol. The number of unbranched alkanes of at least 4 members (excludes halogenated alkanes) is 1. The fourth-order valence-corrected chi connectivity index (χ4v) is 1.50. The largest absolute Gasteiger partial charge is 0.313 e. The van der Waals surface area contributed by atoms with E-state index in [9.17, 15) is 9.28 Å². The minimum atomic E-state index is 0.0139. The molecule has 0 aromatic carbocycles. The Morgan fingerprint density at radius 3 is 2.71 bits per heavy atom. The third-order valence-electron chi connectivity index (χ3n) is 2.28. The van der Waals surface area contributed by atoms with Crippen molar-refractivity contribution in [3.8, 4) is 0 Å². The Balaban J connectivity index is 3.67. The number of carbonyl (C=O) groups is 1. The van der Waals surface area contributed by atoms with Crippen LogP contribution in [0.5, 0.6) is 0 Å². The maximum atomic E-state index is 11.5. The summed E-state index contributed by atoms with van der Waals surface area (Å²) in [6.45, 7) is 2.40. The van der Waals surface area contributed by atoms with Crippen molar-refractivity contribution in [2.75, 3.05) is 6.54 Å². The highest BCUT2D eigenvalue weighted by molar-refractivity contribution is 7.08. The van der Waals surface area contributed by atoms with E-state index in [1.807, 2.05) is 6.92 Å². The van der Waals surface area contributed by atoms with Gasteiger partial charge in [0, 0.05) is 20.2 Å². The van der Waals surface area contributed by atoms with Gasteiger partial charge in [0.05, 0.1) is 5.68 Å². The number of carbonyl (C=O) groups excluding carboxylic acids is 1. The fourth-order valence-electron chi connectivity index (χ4n) is 1.50. The third kappa shape index (κ3) is 6.19. The maximum absolute atomic E-state index is 11.5. The van der Waals surface area contributed by atoms with E-state index in [1.165, 1.54) is 0 Å². The fraction of sp³-hybridized carbons (Fsp3) is 0.889. The van der Waals surface area contributed by atoms with E-state index in [-0.39, 0.29) is 11.6 Å². The third-order valence-corrected chi connectivity index (χ3v) is 2.28. The van der Waals surface area contributed by atoms with Crippen molar-refractivity contribution in [3.05, 3.63) is 0 Å². The predicted molar refractivity (Wildman–Crippen MR) is 57.9 cm³/mol. The molecule has 0 unspecified atom stereocenters. The van der Waals surface area contributed by atoms with Crippen LogP contribution in [0.15, 0.2) is 0 Å². The number of nitrogens with one attached hydrogen (secondary N) is 1. The van der Waals surface area contributed by atoms with Gasteiger partial charge >= 0.3 is 0 Å². The van der Waals surface area contributed by atoms with E-state index in [0.717, 1.165) is 39.3 Å². The average Bonchev–Trinajstić information content (AvgIpc) is 2.21. The Labute approximate surface area is 87.6 Å². The van der Waals surface area contributed by atoms with Gasteiger partial charge in [-0.1, -0.05) is 19.8 Å². The van der Waals surface area contributed by atoms with Crippen molar-refractivity contribution in [2.24, 2.45) is 5.92 Å². The summed E-state index contributed by atoms with van der Waals surface area (Å²) in [4.78, 5) is 11.3. The molecule has 0 aromatic heterocycles. The summed E-state index contributed by atoms with van der Waals surface area (Å²) in [5, 5.41) is 0. The lowest BCUT2D eigenvalue weighted by Gasteiger charge is -2.13. The van der Waals surface area contributed by atoms with Gasteiger partial charge in [0.25, 0.3) is 0 Å². The summed E-state index contributed by atoms with van der Waals surface area (Å²) in [6, 6.07) is 0. The molecule has 0 aliphatic rings. The molecule has 1 N–H and O–H groups in total. The van der Waals surface area contributed by atoms with E-state index < -0.39 is 0 Å². The van der Waals surface area contributed by atoms with Gasteiger partial charge in [-0.15, -0.1) is 4.48 Å². The van der Waals surface area contributed by atoms with E-state index in [2.05, 4.69) is 0 Å². The molecule has 0 amide bonds. The van der Waals surface area contributed by atoms with Gasteiger partial charge in [0.1, 0.15) is 7.17 Å². The van der Waals surface area contributed by atoms with Crippen LogP contribution in [0.3, 0.4) is 0 Å². The molecular formula is C9H17B2FNO. The zero-order valence-corrected chi connectivity index (χ0v) is 8.76. The lowest BCUT2D eigenvalue weighted by Crippen LogP contribution is -2.21. The molecule has 5 heteroatoms. The van der Waals surface area contributed by atoms with E-state index >= 15 is 0 Å². The van der Waals surface area contributed by atoms with E-state index in [0.29, 0.717) is 6.54 Å². The predicted octanol–water partition coefficient (Wildman–Crippen LogP) is 1.36. The van der Waals surface area contributed by atoms with Crippen LogP contribution in [0.25, 0.3) is 0 Å². The van der Waals surface area contributed by atoms with Gasteiger partial charge in [0.2, 0.25) is 0 Å². The molecule has 0 saturated carbocycles. The highest BCUT2D eigenvalue weighted by Crippen LogP contribution is 2.15. The molecule has 0 aliphatic carbocycles. The molecule has 14 heavy (non-hydrogen) atoms. The molecule has 0 heterocycles. The van der Waals surface area contributed by atoms with Crippen LogP contribution in [0.4, 0.5) is 4.48 Å². The van der Waals surface area contributed by atoms with Crippen molar-refractivity contribution in [1.82, 2.24) is 5.54 Å². The Hall–Kier alpha value is -0.310. The molecule has 0 bridgehead atoms. The molecular weight excluding hydrogens is 179 g/mol. The number of rotatable bonds is 9. The van der Waals surface area contributed by atoms with Crippen LogP contribution < -0.4 is 5.54 Å². The highest BCUT2D eigenvalue weighted by Gasteiger charge is 2.14. The first-order valence-corrected chi connectivity index (χ1v) is 5.18. The summed E-state index contributed by atoms with van der Waals surface area (Å²) in [5.74, 6) is 0.0320. The zero-order valence-electron chi connectivity index (χ0n) is 8.76. The number of hydrogen-bond donors (Lipinski definition) is 1. The Morgan fingerprint density at radius 2 is 2.21 bits per heavy atom. The number of halogens is 1. The highest BCUT2D eigenvalue weighted by atomic mass is 19.2. The molecule has 0 aromatic rings.